The van der Waals surface area contributed by atoms with E-state index < -0.39 is 33.9 Å². The second kappa shape index (κ2) is 6.75. The van der Waals surface area contributed by atoms with E-state index in [-0.39, 0.29) is 38.9 Å². The number of allylic oxidation sites excluding steroid dienone is 1. The molecule has 1 aliphatic carbocycles. The van der Waals surface area contributed by atoms with Gasteiger partial charge in [-0.2, -0.15) is 0 Å². The van der Waals surface area contributed by atoms with E-state index in [1.54, 1.807) is 12.1 Å². The molecule has 0 saturated heterocycles. The number of fused-ring (bicyclic) bond motifs is 2. The van der Waals surface area contributed by atoms with E-state index in [0.29, 0.717) is 0 Å². The number of hydrogen-bond donors (Lipinski definition) is 2. The number of Topliss-reactive ketones (excluding diaryl/α,β-unsaturated/α-hetero) is 2. The first-order chi connectivity index (χ1) is 13.8. The Morgan fingerprint density at radius 1 is 1.14 bits per heavy atom. The summed E-state index contributed by atoms with van der Waals surface area (Å²) in [5, 5.41) is 25.6. The number of aliphatic hydroxyl groups is 1. The quantitative estimate of drug-likeness (QED) is 0.451. The number of rotatable bonds is 3. The predicted molar refractivity (Wildman–Crippen MR) is 103 cm³/mol. The fourth-order valence-corrected chi connectivity index (χ4v) is 3.77. The molecule has 0 spiro atoms. The Hall–Kier alpha value is -3.65. The Kier molecular flexibility index (Phi) is 4.35. The summed E-state index contributed by atoms with van der Waals surface area (Å²) in [7, 11) is 1.42. The Balaban J connectivity index is 2.07. The third-order valence-corrected chi connectivity index (χ3v) is 5.08. The molecule has 4 rings (SSSR count). The van der Waals surface area contributed by atoms with Crippen LogP contribution in [0.15, 0.2) is 59.6 Å². The number of nitrogens with one attached hydrogen (secondary N) is 1. The molecule has 2 N–H and O–H groups in total. The van der Waals surface area contributed by atoms with Crippen molar-refractivity contribution < 1.29 is 24.4 Å². The lowest BCUT2D eigenvalue weighted by Crippen LogP contribution is -2.33. The lowest BCUT2D eigenvalue weighted by molar-refractivity contribution is -0.432. The van der Waals surface area contributed by atoms with Crippen LogP contribution in [0.1, 0.15) is 27.4 Å². The van der Waals surface area contributed by atoms with E-state index in [9.17, 15) is 24.8 Å². The first kappa shape index (κ1) is 18.7. The number of benzene rings is 2. The average molecular weight is 413 g/mol. The van der Waals surface area contributed by atoms with E-state index in [1.165, 1.54) is 37.4 Å². The summed E-state index contributed by atoms with van der Waals surface area (Å²) in [4.78, 5) is 36.8. The molecule has 0 bridgehead atoms. The first-order valence-electron chi connectivity index (χ1n) is 8.50. The Morgan fingerprint density at radius 3 is 2.48 bits per heavy atom. The molecule has 1 unspecified atom stereocenters. The molecule has 0 saturated carbocycles. The zero-order chi connectivity index (χ0) is 20.9. The van der Waals surface area contributed by atoms with Crippen molar-refractivity contribution in [1.29, 1.82) is 0 Å². The van der Waals surface area contributed by atoms with E-state index in [0.717, 1.165) is 0 Å². The molecular formula is C20H13ClN2O6. The summed E-state index contributed by atoms with van der Waals surface area (Å²) in [6.07, 6.45) is 0. The molecule has 1 heterocycles. The number of nitrogens with zero attached hydrogens (tertiary/aromatic N) is 1. The number of ether oxygens (including phenoxy) is 1. The minimum Gasteiger partial charge on any atom is -0.507 e. The van der Waals surface area contributed by atoms with Crippen molar-refractivity contribution in [2.24, 2.45) is 0 Å². The fourth-order valence-electron chi connectivity index (χ4n) is 3.59. The van der Waals surface area contributed by atoms with Gasteiger partial charge in [-0.1, -0.05) is 35.9 Å². The fraction of sp³-hybridized carbons (Fsp3) is 0.100. The number of halogens is 1. The highest BCUT2D eigenvalue weighted by molar-refractivity contribution is 6.52. The maximum atomic E-state index is 12.9. The first-order valence-corrected chi connectivity index (χ1v) is 8.88. The van der Waals surface area contributed by atoms with Gasteiger partial charge in [-0.25, -0.2) is 0 Å². The average Bonchev–Trinajstić information content (AvgIpc) is 2.71. The number of hydrogen-bond acceptors (Lipinski definition) is 7. The molecule has 2 aromatic carbocycles. The summed E-state index contributed by atoms with van der Waals surface area (Å²) in [6.45, 7) is 0. The van der Waals surface area contributed by atoms with Crippen LogP contribution in [0.25, 0.3) is 5.76 Å². The van der Waals surface area contributed by atoms with Crippen LogP contribution in [-0.2, 0) is 4.79 Å². The van der Waals surface area contributed by atoms with Crippen LogP contribution < -0.4 is 10.1 Å². The zero-order valence-electron chi connectivity index (χ0n) is 14.9. The van der Waals surface area contributed by atoms with Crippen LogP contribution in [-0.4, -0.2) is 28.6 Å². The molecule has 2 aliphatic rings. The smallest absolute Gasteiger partial charge is 0.317 e. The van der Waals surface area contributed by atoms with E-state index in [4.69, 9.17) is 16.3 Å². The van der Waals surface area contributed by atoms with Crippen molar-refractivity contribution in [2.75, 3.05) is 7.05 Å². The topological polar surface area (TPSA) is 119 Å². The lowest BCUT2D eigenvalue weighted by Gasteiger charge is -2.28. The molecule has 2 aromatic rings. The third kappa shape index (κ3) is 2.76. The minimum absolute atomic E-state index is 0.0394. The largest absolute Gasteiger partial charge is 0.507 e. The maximum absolute atomic E-state index is 12.9. The van der Waals surface area contributed by atoms with Crippen LogP contribution in [0, 0.1) is 10.1 Å². The Bertz CT molecular complexity index is 1170. The summed E-state index contributed by atoms with van der Waals surface area (Å²) in [5.74, 6) is -3.70. The van der Waals surface area contributed by atoms with Crippen molar-refractivity contribution in [3.8, 4) is 5.75 Å². The van der Waals surface area contributed by atoms with Gasteiger partial charge in [0.1, 0.15) is 17.4 Å². The van der Waals surface area contributed by atoms with Crippen molar-refractivity contribution in [3.63, 3.8) is 0 Å². The molecule has 0 radical (unpaired) electrons. The van der Waals surface area contributed by atoms with Crippen LogP contribution in [0.4, 0.5) is 0 Å². The van der Waals surface area contributed by atoms with Gasteiger partial charge in [0.2, 0.25) is 11.6 Å². The van der Waals surface area contributed by atoms with E-state index in [2.05, 4.69) is 5.32 Å². The lowest BCUT2D eigenvalue weighted by atomic mass is 9.77. The second-order valence-electron chi connectivity index (χ2n) is 6.40. The SMILES string of the molecule is CNC1=C([N+](=O)[O-])C(C2=C(O)c3ccccc3C(=O)C2=O)c2cc(Cl)ccc2O1. The van der Waals surface area contributed by atoms with Gasteiger partial charge in [-0.05, 0) is 18.2 Å². The monoisotopic (exact) mass is 412 g/mol. The molecule has 8 nitrogen and oxygen atoms in total. The van der Waals surface area contributed by atoms with Crippen molar-refractivity contribution >= 4 is 28.9 Å². The van der Waals surface area contributed by atoms with Crippen LogP contribution in [0.2, 0.25) is 5.02 Å². The number of aliphatic hydroxyl groups excluding tert-OH is 1. The minimum atomic E-state index is -1.36. The van der Waals surface area contributed by atoms with E-state index >= 15 is 0 Å². The van der Waals surface area contributed by atoms with Gasteiger partial charge in [0.25, 0.3) is 5.88 Å². The van der Waals surface area contributed by atoms with E-state index in [1.807, 2.05) is 0 Å². The van der Waals surface area contributed by atoms with Crippen molar-refractivity contribution in [2.45, 2.75) is 5.92 Å². The standard InChI is InChI=1S/C20H13ClN2O6/c1-22-20-16(23(27)28)14(12-8-9(21)6-7-13(12)29-20)15-17(24)10-4-2-3-5-11(10)18(25)19(15)26/h2-8,14,22,24H,1H3. The van der Waals surface area contributed by atoms with Crippen LogP contribution in [0.5, 0.6) is 5.75 Å². The molecule has 0 aromatic heterocycles. The number of carbonyl (C=O) groups is 2. The Morgan fingerprint density at radius 2 is 1.83 bits per heavy atom. The molecular weight excluding hydrogens is 400 g/mol. The molecule has 0 fully saturated rings. The summed E-state index contributed by atoms with van der Waals surface area (Å²) < 4.78 is 5.57. The molecule has 9 heteroatoms. The maximum Gasteiger partial charge on any atom is 0.317 e. The second-order valence-corrected chi connectivity index (χ2v) is 6.84. The Labute approximate surface area is 169 Å². The van der Waals surface area contributed by atoms with Gasteiger partial charge in [0, 0.05) is 28.8 Å². The summed E-state index contributed by atoms with van der Waals surface area (Å²) in [5.41, 5.74) is -0.525. The van der Waals surface area contributed by atoms with Crippen molar-refractivity contribution in [3.05, 3.63) is 91.4 Å². The van der Waals surface area contributed by atoms with Crippen molar-refractivity contribution in [1.82, 2.24) is 5.32 Å². The van der Waals surface area contributed by atoms with Gasteiger partial charge < -0.3 is 15.2 Å². The summed E-state index contributed by atoms with van der Waals surface area (Å²) in [6, 6.07) is 10.5. The van der Waals surface area contributed by atoms with Gasteiger partial charge in [0.15, 0.2) is 0 Å². The number of ketones is 2. The predicted octanol–water partition coefficient (Wildman–Crippen LogP) is 3.22. The normalized spacial score (nSPS) is 18.2. The highest BCUT2D eigenvalue weighted by Crippen LogP contribution is 2.47. The van der Waals surface area contributed by atoms with Gasteiger partial charge in [-0.15, -0.1) is 0 Å². The molecule has 1 atom stereocenters. The molecule has 1 aliphatic heterocycles. The van der Waals surface area contributed by atoms with Gasteiger partial charge in [-0.3, -0.25) is 19.7 Å². The number of carbonyl (C=O) groups excluding carboxylic acids is 2. The number of nitro groups is 1. The van der Waals surface area contributed by atoms with Crippen LogP contribution in [0.3, 0.4) is 0 Å². The van der Waals surface area contributed by atoms with Crippen LogP contribution >= 0.6 is 11.6 Å². The highest BCUT2D eigenvalue weighted by Gasteiger charge is 2.47. The molecule has 146 valence electrons. The molecule has 0 amide bonds. The summed E-state index contributed by atoms with van der Waals surface area (Å²) >= 11 is 6.07. The highest BCUT2D eigenvalue weighted by atomic mass is 35.5. The van der Waals surface area contributed by atoms with Gasteiger partial charge in [0.05, 0.1) is 10.5 Å². The van der Waals surface area contributed by atoms with Gasteiger partial charge >= 0.3 is 5.70 Å². The third-order valence-electron chi connectivity index (χ3n) is 4.85. The molecule has 29 heavy (non-hydrogen) atoms. The zero-order valence-corrected chi connectivity index (χ0v) is 15.7.